The minimum absolute atomic E-state index is 0. The first kappa shape index (κ1) is 15.6. The van der Waals surface area contributed by atoms with Gasteiger partial charge < -0.3 is 15.0 Å². The van der Waals surface area contributed by atoms with Crippen LogP contribution >= 0.6 is 12.4 Å². The molecule has 0 aliphatic carbocycles. The topological polar surface area (TPSA) is 24.5 Å². The van der Waals surface area contributed by atoms with Crippen molar-refractivity contribution >= 4 is 12.4 Å². The summed E-state index contributed by atoms with van der Waals surface area (Å²) in [4.78, 5) is 2.53. The predicted molar refractivity (Wildman–Crippen MR) is 85.1 cm³/mol. The molecule has 0 atom stereocenters. The van der Waals surface area contributed by atoms with Crippen LogP contribution in [-0.2, 0) is 12.8 Å². The molecule has 0 radical (unpaired) electrons. The van der Waals surface area contributed by atoms with Crippen LogP contribution < -0.4 is 10.1 Å². The first-order valence-corrected chi connectivity index (χ1v) is 7.48. The molecule has 2 aliphatic rings. The standard InChI is InChI=1S/C16H24N2O.ClH/c1-18(15-4-8-17-9-5-15)10-6-13-2-3-16-14(12-13)7-11-19-16;/h2-3,12,15,17H,4-11H2,1H3;1H. The number of hydrogen-bond donors (Lipinski definition) is 1. The molecule has 3 rings (SSSR count). The number of fused-ring (bicyclic) bond motifs is 1. The van der Waals surface area contributed by atoms with E-state index in [4.69, 9.17) is 4.74 Å². The monoisotopic (exact) mass is 296 g/mol. The molecule has 2 heterocycles. The molecule has 3 nitrogen and oxygen atoms in total. The number of halogens is 1. The number of likely N-dealkylation sites (N-methyl/N-ethyl adjacent to an activating group) is 1. The van der Waals surface area contributed by atoms with E-state index in [1.165, 1.54) is 37.1 Å². The highest BCUT2D eigenvalue weighted by Crippen LogP contribution is 2.26. The molecule has 0 amide bonds. The number of hydrogen-bond acceptors (Lipinski definition) is 3. The molecule has 0 spiro atoms. The van der Waals surface area contributed by atoms with Crippen molar-refractivity contribution in [2.75, 3.05) is 33.3 Å². The third kappa shape index (κ3) is 3.66. The van der Waals surface area contributed by atoms with Gasteiger partial charge in [0.2, 0.25) is 0 Å². The second kappa shape index (κ2) is 7.30. The number of rotatable bonds is 4. The number of ether oxygens (including phenoxy) is 1. The van der Waals surface area contributed by atoms with Crippen LogP contribution in [0.2, 0.25) is 0 Å². The normalized spacial score (nSPS) is 18.5. The molecular weight excluding hydrogens is 272 g/mol. The Morgan fingerprint density at radius 3 is 2.90 bits per heavy atom. The third-order valence-electron chi connectivity index (χ3n) is 4.44. The van der Waals surface area contributed by atoms with Crippen molar-refractivity contribution in [1.29, 1.82) is 0 Å². The third-order valence-corrected chi connectivity index (χ3v) is 4.44. The van der Waals surface area contributed by atoms with E-state index in [2.05, 4.69) is 35.5 Å². The Bertz CT molecular complexity index is 432. The molecule has 0 unspecified atom stereocenters. The highest BCUT2D eigenvalue weighted by Gasteiger charge is 2.17. The predicted octanol–water partition coefficient (Wildman–Crippen LogP) is 2.27. The Hall–Kier alpha value is -0.770. The van der Waals surface area contributed by atoms with Crippen LogP contribution in [0.3, 0.4) is 0 Å². The van der Waals surface area contributed by atoms with Gasteiger partial charge in [0, 0.05) is 19.0 Å². The molecule has 4 heteroatoms. The quantitative estimate of drug-likeness (QED) is 0.922. The van der Waals surface area contributed by atoms with E-state index in [9.17, 15) is 0 Å². The van der Waals surface area contributed by atoms with E-state index in [0.29, 0.717) is 0 Å². The highest BCUT2D eigenvalue weighted by atomic mass is 35.5. The lowest BCUT2D eigenvalue weighted by molar-refractivity contribution is 0.201. The van der Waals surface area contributed by atoms with Crippen LogP contribution in [0.25, 0.3) is 0 Å². The lowest BCUT2D eigenvalue weighted by atomic mass is 10.0. The summed E-state index contributed by atoms with van der Waals surface area (Å²) in [7, 11) is 2.27. The fourth-order valence-electron chi connectivity index (χ4n) is 3.13. The van der Waals surface area contributed by atoms with Gasteiger partial charge in [0.25, 0.3) is 0 Å². The second-order valence-corrected chi connectivity index (χ2v) is 5.75. The van der Waals surface area contributed by atoms with E-state index >= 15 is 0 Å². The summed E-state index contributed by atoms with van der Waals surface area (Å²) >= 11 is 0. The average Bonchev–Trinajstić information content (AvgIpc) is 2.93. The van der Waals surface area contributed by atoms with E-state index < -0.39 is 0 Å². The molecular formula is C16H25ClN2O. The maximum atomic E-state index is 5.56. The Balaban J connectivity index is 0.00000147. The lowest BCUT2D eigenvalue weighted by Gasteiger charge is -2.31. The zero-order valence-electron chi connectivity index (χ0n) is 12.2. The van der Waals surface area contributed by atoms with Crippen LogP contribution in [-0.4, -0.2) is 44.2 Å². The van der Waals surface area contributed by atoms with Crippen molar-refractivity contribution in [3.8, 4) is 5.75 Å². The van der Waals surface area contributed by atoms with Gasteiger partial charge in [-0.25, -0.2) is 0 Å². The second-order valence-electron chi connectivity index (χ2n) is 5.75. The molecule has 0 aromatic heterocycles. The van der Waals surface area contributed by atoms with Gasteiger partial charge in [0.05, 0.1) is 6.61 Å². The van der Waals surface area contributed by atoms with Crippen molar-refractivity contribution in [3.63, 3.8) is 0 Å². The van der Waals surface area contributed by atoms with Crippen molar-refractivity contribution < 1.29 is 4.74 Å². The highest BCUT2D eigenvalue weighted by molar-refractivity contribution is 5.85. The summed E-state index contributed by atoms with van der Waals surface area (Å²) in [6, 6.07) is 7.46. The largest absolute Gasteiger partial charge is 0.493 e. The molecule has 1 fully saturated rings. The van der Waals surface area contributed by atoms with Crippen LogP contribution in [0.15, 0.2) is 18.2 Å². The van der Waals surface area contributed by atoms with Crippen molar-refractivity contribution in [2.24, 2.45) is 0 Å². The van der Waals surface area contributed by atoms with Gasteiger partial charge in [-0.2, -0.15) is 0 Å². The van der Waals surface area contributed by atoms with Gasteiger partial charge in [-0.3, -0.25) is 0 Å². The molecule has 0 bridgehead atoms. The van der Waals surface area contributed by atoms with Crippen LogP contribution in [0.5, 0.6) is 5.75 Å². The Morgan fingerprint density at radius 1 is 1.30 bits per heavy atom. The zero-order valence-corrected chi connectivity index (χ0v) is 13.0. The average molecular weight is 297 g/mol. The summed E-state index contributed by atoms with van der Waals surface area (Å²) in [6.07, 6.45) is 4.80. The number of piperidine rings is 1. The van der Waals surface area contributed by atoms with Gasteiger partial charge in [0.1, 0.15) is 5.75 Å². The van der Waals surface area contributed by atoms with E-state index in [-0.39, 0.29) is 12.4 Å². The number of nitrogens with zero attached hydrogens (tertiary/aromatic N) is 1. The van der Waals surface area contributed by atoms with Crippen molar-refractivity contribution in [3.05, 3.63) is 29.3 Å². The summed E-state index contributed by atoms with van der Waals surface area (Å²) < 4.78 is 5.56. The minimum atomic E-state index is 0. The maximum absolute atomic E-state index is 5.56. The molecule has 1 saturated heterocycles. The maximum Gasteiger partial charge on any atom is 0.122 e. The first-order valence-electron chi connectivity index (χ1n) is 7.48. The van der Waals surface area contributed by atoms with Crippen molar-refractivity contribution in [1.82, 2.24) is 10.2 Å². The van der Waals surface area contributed by atoms with Gasteiger partial charge in [-0.05, 0) is 56.6 Å². The van der Waals surface area contributed by atoms with Gasteiger partial charge in [-0.1, -0.05) is 12.1 Å². The molecule has 1 aromatic carbocycles. The fraction of sp³-hybridized carbons (Fsp3) is 0.625. The van der Waals surface area contributed by atoms with Crippen LogP contribution in [0.1, 0.15) is 24.0 Å². The summed E-state index contributed by atoms with van der Waals surface area (Å²) in [5.74, 6) is 1.09. The van der Waals surface area contributed by atoms with Gasteiger partial charge in [-0.15, -0.1) is 12.4 Å². The summed E-state index contributed by atoms with van der Waals surface area (Å²) in [5, 5.41) is 3.43. The van der Waals surface area contributed by atoms with E-state index in [0.717, 1.165) is 37.8 Å². The molecule has 1 aromatic rings. The molecule has 2 aliphatic heterocycles. The number of benzene rings is 1. The smallest absolute Gasteiger partial charge is 0.122 e. The lowest BCUT2D eigenvalue weighted by Crippen LogP contribution is -2.41. The first-order chi connectivity index (χ1) is 9.33. The van der Waals surface area contributed by atoms with Gasteiger partial charge in [0.15, 0.2) is 0 Å². The summed E-state index contributed by atoms with van der Waals surface area (Å²) in [6.45, 7) is 4.36. The molecule has 20 heavy (non-hydrogen) atoms. The number of nitrogens with one attached hydrogen (secondary N) is 1. The summed E-state index contributed by atoms with van der Waals surface area (Å²) in [5.41, 5.74) is 2.84. The Morgan fingerprint density at radius 2 is 2.10 bits per heavy atom. The van der Waals surface area contributed by atoms with E-state index in [1.807, 2.05) is 0 Å². The molecule has 0 saturated carbocycles. The fourth-order valence-corrected chi connectivity index (χ4v) is 3.13. The zero-order chi connectivity index (χ0) is 13.1. The SMILES string of the molecule is CN(CCc1ccc2c(c1)CCO2)C1CCNCC1.Cl. The van der Waals surface area contributed by atoms with Gasteiger partial charge >= 0.3 is 0 Å². The van der Waals surface area contributed by atoms with Crippen molar-refractivity contribution in [2.45, 2.75) is 31.7 Å². The van der Waals surface area contributed by atoms with Crippen LogP contribution in [0, 0.1) is 0 Å². The molecule has 112 valence electrons. The minimum Gasteiger partial charge on any atom is -0.493 e. The Labute approximate surface area is 128 Å². The Kier molecular flexibility index (Phi) is 5.70. The van der Waals surface area contributed by atoms with Crippen LogP contribution in [0.4, 0.5) is 0 Å². The molecule has 1 N–H and O–H groups in total. The van der Waals surface area contributed by atoms with E-state index in [1.54, 1.807) is 0 Å².